The summed E-state index contributed by atoms with van der Waals surface area (Å²) in [5, 5.41) is 3.18. The Labute approximate surface area is 82.1 Å². The first kappa shape index (κ1) is 9.59. The molecule has 1 aromatic rings. The molecule has 0 radical (unpaired) electrons. The molecular weight excluding hydrogens is 184 g/mol. The maximum atomic E-state index is 13.4. The van der Waals surface area contributed by atoms with Crippen LogP contribution in [0.4, 0.5) is 8.78 Å². The van der Waals surface area contributed by atoms with E-state index in [1.165, 1.54) is 12.1 Å². The Hall–Kier alpha value is -0.960. The molecule has 1 aromatic carbocycles. The van der Waals surface area contributed by atoms with Gasteiger partial charge in [0.1, 0.15) is 11.6 Å². The summed E-state index contributed by atoms with van der Waals surface area (Å²) in [5.74, 6) is -0.328. The van der Waals surface area contributed by atoms with Gasteiger partial charge in [0, 0.05) is 11.6 Å². The molecule has 2 rings (SSSR count). The monoisotopic (exact) mass is 197 g/mol. The van der Waals surface area contributed by atoms with Crippen molar-refractivity contribution < 1.29 is 8.78 Å². The van der Waals surface area contributed by atoms with Crippen LogP contribution in [0.25, 0.3) is 0 Å². The predicted octanol–water partition coefficient (Wildman–Crippen LogP) is 2.64. The SMILES string of the molecule is C[C@H]1CCN[C@@H]1c1cc(F)ccc1F. The Balaban J connectivity index is 2.34. The molecule has 0 bridgehead atoms. The fourth-order valence-corrected chi connectivity index (χ4v) is 2.00. The lowest BCUT2D eigenvalue weighted by molar-refractivity contribution is 0.470. The van der Waals surface area contributed by atoms with Gasteiger partial charge in [0.15, 0.2) is 0 Å². The van der Waals surface area contributed by atoms with Gasteiger partial charge in [0.2, 0.25) is 0 Å². The topological polar surface area (TPSA) is 12.0 Å². The highest BCUT2D eigenvalue weighted by molar-refractivity contribution is 5.23. The zero-order valence-corrected chi connectivity index (χ0v) is 8.06. The Morgan fingerprint density at radius 3 is 2.79 bits per heavy atom. The number of rotatable bonds is 1. The number of halogens is 2. The van der Waals surface area contributed by atoms with Gasteiger partial charge in [-0.1, -0.05) is 6.92 Å². The van der Waals surface area contributed by atoms with Crippen LogP contribution in [0.15, 0.2) is 18.2 Å². The summed E-state index contributed by atoms with van der Waals surface area (Å²) in [7, 11) is 0. The maximum Gasteiger partial charge on any atom is 0.128 e. The quantitative estimate of drug-likeness (QED) is 0.729. The lowest BCUT2D eigenvalue weighted by atomic mass is 9.95. The van der Waals surface area contributed by atoms with Crippen LogP contribution in [0.5, 0.6) is 0 Å². The molecular formula is C11H13F2N. The highest BCUT2D eigenvalue weighted by atomic mass is 19.1. The lowest BCUT2D eigenvalue weighted by Crippen LogP contribution is -2.18. The normalized spacial score (nSPS) is 26.8. The minimum Gasteiger partial charge on any atom is -0.310 e. The van der Waals surface area contributed by atoms with E-state index >= 15 is 0 Å². The standard InChI is InChI=1S/C11H13F2N/c1-7-4-5-14-11(7)9-6-8(12)2-3-10(9)13/h2-3,6-7,11,14H,4-5H2,1H3/t7-,11-/m0/s1. The Bertz CT molecular complexity index is 338. The summed E-state index contributed by atoms with van der Waals surface area (Å²) < 4.78 is 26.3. The number of hydrogen-bond acceptors (Lipinski definition) is 1. The van der Waals surface area contributed by atoms with Crippen molar-refractivity contribution >= 4 is 0 Å². The van der Waals surface area contributed by atoms with Crippen LogP contribution in [0.1, 0.15) is 24.9 Å². The molecule has 1 N–H and O–H groups in total. The fourth-order valence-electron chi connectivity index (χ4n) is 2.00. The van der Waals surface area contributed by atoms with Gasteiger partial charge in [-0.3, -0.25) is 0 Å². The first-order valence-electron chi connectivity index (χ1n) is 4.87. The van der Waals surface area contributed by atoms with Crippen LogP contribution in [0.3, 0.4) is 0 Å². The van der Waals surface area contributed by atoms with Crippen LogP contribution in [-0.4, -0.2) is 6.54 Å². The third kappa shape index (κ3) is 1.64. The van der Waals surface area contributed by atoms with Crippen molar-refractivity contribution in [1.29, 1.82) is 0 Å². The fraction of sp³-hybridized carbons (Fsp3) is 0.455. The molecule has 2 atom stereocenters. The summed E-state index contributed by atoms with van der Waals surface area (Å²) in [5.41, 5.74) is 0.454. The van der Waals surface area contributed by atoms with Crippen LogP contribution >= 0.6 is 0 Å². The van der Waals surface area contributed by atoms with Gasteiger partial charge in [0.25, 0.3) is 0 Å². The van der Waals surface area contributed by atoms with Crippen molar-refractivity contribution in [2.24, 2.45) is 5.92 Å². The zero-order valence-electron chi connectivity index (χ0n) is 8.06. The van der Waals surface area contributed by atoms with Gasteiger partial charge in [-0.25, -0.2) is 8.78 Å². The molecule has 76 valence electrons. The molecule has 14 heavy (non-hydrogen) atoms. The molecule has 1 nitrogen and oxygen atoms in total. The van der Waals surface area contributed by atoms with Gasteiger partial charge >= 0.3 is 0 Å². The molecule has 0 aromatic heterocycles. The minimum absolute atomic E-state index is 0.0364. The van der Waals surface area contributed by atoms with Gasteiger partial charge in [-0.05, 0) is 37.1 Å². The second-order valence-electron chi connectivity index (χ2n) is 3.86. The van der Waals surface area contributed by atoms with E-state index in [-0.39, 0.29) is 17.7 Å². The lowest BCUT2D eigenvalue weighted by Gasteiger charge is -2.16. The van der Waals surface area contributed by atoms with Crippen molar-refractivity contribution in [3.63, 3.8) is 0 Å². The summed E-state index contributed by atoms with van der Waals surface area (Å²) in [6, 6.07) is 3.59. The zero-order chi connectivity index (χ0) is 10.1. The summed E-state index contributed by atoms with van der Waals surface area (Å²) in [6.07, 6.45) is 1.01. The molecule has 0 aliphatic carbocycles. The van der Waals surface area contributed by atoms with E-state index in [0.29, 0.717) is 11.5 Å². The predicted molar refractivity (Wildman–Crippen MR) is 50.9 cm³/mol. The van der Waals surface area contributed by atoms with E-state index in [1.54, 1.807) is 0 Å². The van der Waals surface area contributed by atoms with Gasteiger partial charge in [-0.2, -0.15) is 0 Å². The third-order valence-electron chi connectivity index (χ3n) is 2.83. The first-order valence-corrected chi connectivity index (χ1v) is 4.87. The molecule has 1 aliphatic rings. The van der Waals surface area contributed by atoms with E-state index in [9.17, 15) is 8.78 Å². The van der Waals surface area contributed by atoms with E-state index < -0.39 is 0 Å². The first-order chi connectivity index (χ1) is 6.68. The van der Waals surface area contributed by atoms with E-state index in [1.807, 2.05) is 0 Å². The molecule has 1 heterocycles. The highest BCUT2D eigenvalue weighted by Gasteiger charge is 2.26. The minimum atomic E-state index is -0.373. The summed E-state index contributed by atoms with van der Waals surface area (Å²) in [6.45, 7) is 2.93. The molecule has 1 saturated heterocycles. The average Bonchev–Trinajstić information content (AvgIpc) is 2.56. The van der Waals surface area contributed by atoms with Crippen molar-refractivity contribution in [3.8, 4) is 0 Å². The molecule has 0 unspecified atom stereocenters. The Kier molecular flexibility index (Phi) is 2.50. The molecule has 3 heteroatoms. The smallest absolute Gasteiger partial charge is 0.128 e. The molecule has 1 fully saturated rings. The molecule has 0 spiro atoms. The van der Waals surface area contributed by atoms with E-state index in [0.717, 1.165) is 19.0 Å². The van der Waals surface area contributed by atoms with Crippen LogP contribution in [0, 0.1) is 17.6 Å². The van der Waals surface area contributed by atoms with Crippen molar-refractivity contribution in [1.82, 2.24) is 5.32 Å². The van der Waals surface area contributed by atoms with Gasteiger partial charge < -0.3 is 5.32 Å². The maximum absolute atomic E-state index is 13.4. The number of nitrogens with one attached hydrogen (secondary N) is 1. The van der Waals surface area contributed by atoms with Crippen molar-refractivity contribution in [2.45, 2.75) is 19.4 Å². The summed E-state index contributed by atoms with van der Waals surface area (Å²) in [4.78, 5) is 0. The van der Waals surface area contributed by atoms with Crippen molar-refractivity contribution in [3.05, 3.63) is 35.4 Å². The van der Waals surface area contributed by atoms with Gasteiger partial charge in [-0.15, -0.1) is 0 Å². The molecule has 1 aliphatic heterocycles. The van der Waals surface area contributed by atoms with Crippen LogP contribution in [0.2, 0.25) is 0 Å². The Morgan fingerprint density at radius 2 is 2.14 bits per heavy atom. The second kappa shape index (κ2) is 3.65. The summed E-state index contributed by atoms with van der Waals surface area (Å²) >= 11 is 0. The molecule has 0 saturated carbocycles. The number of hydrogen-bond donors (Lipinski definition) is 1. The van der Waals surface area contributed by atoms with Crippen LogP contribution in [-0.2, 0) is 0 Å². The van der Waals surface area contributed by atoms with E-state index in [4.69, 9.17) is 0 Å². The molecule has 0 amide bonds. The second-order valence-corrected chi connectivity index (χ2v) is 3.86. The van der Waals surface area contributed by atoms with E-state index in [2.05, 4.69) is 12.2 Å². The Morgan fingerprint density at radius 1 is 1.36 bits per heavy atom. The third-order valence-corrected chi connectivity index (χ3v) is 2.83. The average molecular weight is 197 g/mol. The highest BCUT2D eigenvalue weighted by Crippen LogP contribution is 2.30. The van der Waals surface area contributed by atoms with Gasteiger partial charge in [0.05, 0.1) is 0 Å². The number of benzene rings is 1. The van der Waals surface area contributed by atoms with Crippen LogP contribution < -0.4 is 5.32 Å². The largest absolute Gasteiger partial charge is 0.310 e. The van der Waals surface area contributed by atoms with Crippen molar-refractivity contribution in [2.75, 3.05) is 6.54 Å².